The van der Waals surface area contributed by atoms with Crippen LogP contribution in [-0.4, -0.2) is 19.2 Å². The lowest BCUT2D eigenvalue weighted by atomic mass is 9.96. The van der Waals surface area contributed by atoms with Gasteiger partial charge >= 0.3 is 0 Å². The molecule has 3 rings (SSSR count). The Morgan fingerprint density at radius 1 is 0.958 bits per heavy atom. The highest BCUT2D eigenvalue weighted by molar-refractivity contribution is 5.81. The summed E-state index contributed by atoms with van der Waals surface area (Å²) in [7, 11) is 3.32. The quantitative estimate of drug-likeness (QED) is 0.651. The molecular formula is C20H21NO3. The number of aromatic nitrogens is 1. The zero-order valence-corrected chi connectivity index (χ0v) is 14.4. The Kier molecular flexibility index (Phi) is 4.56. The summed E-state index contributed by atoms with van der Waals surface area (Å²) in [6.45, 7) is 4.26. The third-order valence-corrected chi connectivity index (χ3v) is 4.03. The van der Waals surface area contributed by atoms with Gasteiger partial charge in [0.25, 0.3) is 0 Å². The van der Waals surface area contributed by atoms with Gasteiger partial charge in [0.15, 0.2) is 12.2 Å². The van der Waals surface area contributed by atoms with E-state index in [1.54, 1.807) is 14.2 Å². The average Bonchev–Trinajstić information content (AvgIpc) is 3.10. The van der Waals surface area contributed by atoms with E-state index >= 15 is 0 Å². The largest absolute Gasteiger partial charge is 0.496 e. The summed E-state index contributed by atoms with van der Waals surface area (Å²) in [6, 6.07) is 13.9. The Hall–Kier alpha value is -2.75. The molecular weight excluding hydrogens is 302 g/mol. The molecule has 0 N–H and O–H groups in total. The van der Waals surface area contributed by atoms with Crippen LogP contribution in [-0.2, 0) is 0 Å². The van der Waals surface area contributed by atoms with Crippen molar-refractivity contribution in [3.63, 3.8) is 0 Å². The molecule has 0 unspecified atom stereocenters. The van der Waals surface area contributed by atoms with Crippen LogP contribution in [0.5, 0.6) is 11.5 Å². The molecule has 0 saturated heterocycles. The normalized spacial score (nSPS) is 10.9. The van der Waals surface area contributed by atoms with Crippen LogP contribution < -0.4 is 9.47 Å². The van der Waals surface area contributed by atoms with Crippen molar-refractivity contribution in [3.05, 3.63) is 54.4 Å². The van der Waals surface area contributed by atoms with E-state index in [-0.39, 0.29) is 0 Å². The fourth-order valence-electron chi connectivity index (χ4n) is 2.79. The third kappa shape index (κ3) is 2.87. The number of hydrogen-bond donors (Lipinski definition) is 0. The maximum absolute atomic E-state index is 5.72. The number of benzene rings is 2. The third-order valence-electron chi connectivity index (χ3n) is 4.03. The van der Waals surface area contributed by atoms with Crippen molar-refractivity contribution in [1.29, 1.82) is 0 Å². The number of methoxy groups -OCH3 is 2. The Morgan fingerprint density at radius 3 is 2.29 bits per heavy atom. The Labute approximate surface area is 142 Å². The van der Waals surface area contributed by atoms with Gasteiger partial charge in [-0.1, -0.05) is 44.2 Å². The molecule has 0 atom stereocenters. The van der Waals surface area contributed by atoms with Crippen LogP contribution in [0.3, 0.4) is 0 Å². The van der Waals surface area contributed by atoms with E-state index in [9.17, 15) is 0 Å². The van der Waals surface area contributed by atoms with E-state index in [4.69, 9.17) is 13.9 Å². The van der Waals surface area contributed by atoms with Crippen LogP contribution in [0.25, 0.3) is 22.6 Å². The van der Waals surface area contributed by atoms with Crippen molar-refractivity contribution in [2.24, 2.45) is 0 Å². The molecule has 24 heavy (non-hydrogen) atoms. The monoisotopic (exact) mass is 323 g/mol. The number of ether oxygens (including phenoxy) is 2. The number of rotatable bonds is 5. The first-order valence-corrected chi connectivity index (χ1v) is 7.91. The molecule has 0 bridgehead atoms. The van der Waals surface area contributed by atoms with Crippen molar-refractivity contribution in [2.75, 3.05) is 14.2 Å². The Morgan fingerprint density at radius 2 is 1.67 bits per heavy atom. The molecule has 0 aliphatic heterocycles. The molecule has 0 radical (unpaired) electrons. The standard InChI is InChI=1S/C20H21NO3/c1-13(2)15-10-16(18(23-4)11-17(15)22-3)20-19(21-12-24-20)14-8-6-5-7-9-14/h5-13H,1-4H3. The first-order chi connectivity index (χ1) is 11.7. The lowest BCUT2D eigenvalue weighted by Crippen LogP contribution is -1.98. The second-order valence-corrected chi connectivity index (χ2v) is 5.85. The number of hydrogen-bond acceptors (Lipinski definition) is 4. The molecule has 1 heterocycles. The minimum Gasteiger partial charge on any atom is -0.496 e. The minimum absolute atomic E-state index is 0.313. The zero-order valence-electron chi connectivity index (χ0n) is 14.4. The molecule has 3 aromatic rings. The summed E-state index contributed by atoms with van der Waals surface area (Å²) in [5.74, 6) is 2.52. The Bertz CT molecular complexity index is 822. The van der Waals surface area contributed by atoms with Gasteiger partial charge in [-0.25, -0.2) is 4.98 Å². The van der Waals surface area contributed by atoms with E-state index in [2.05, 4.69) is 24.9 Å². The van der Waals surface area contributed by atoms with Crippen molar-refractivity contribution in [3.8, 4) is 34.1 Å². The van der Waals surface area contributed by atoms with Crippen LogP contribution in [0.1, 0.15) is 25.3 Å². The smallest absolute Gasteiger partial charge is 0.182 e. The molecule has 4 heteroatoms. The van der Waals surface area contributed by atoms with Crippen LogP contribution in [0.2, 0.25) is 0 Å². The average molecular weight is 323 g/mol. The van der Waals surface area contributed by atoms with Gasteiger partial charge in [0.2, 0.25) is 0 Å². The number of nitrogens with zero attached hydrogens (tertiary/aromatic N) is 1. The highest BCUT2D eigenvalue weighted by Crippen LogP contribution is 2.42. The molecule has 0 fully saturated rings. The van der Waals surface area contributed by atoms with Gasteiger partial charge in [0.1, 0.15) is 17.2 Å². The van der Waals surface area contributed by atoms with Crippen LogP contribution in [0, 0.1) is 0 Å². The van der Waals surface area contributed by atoms with E-state index < -0.39 is 0 Å². The van der Waals surface area contributed by atoms with Gasteiger partial charge in [0.05, 0.1) is 19.8 Å². The summed E-state index contributed by atoms with van der Waals surface area (Å²) in [5, 5.41) is 0. The highest BCUT2D eigenvalue weighted by atomic mass is 16.5. The van der Waals surface area contributed by atoms with Crippen molar-refractivity contribution >= 4 is 0 Å². The fourth-order valence-corrected chi connectivity index (χ4v) is 2.79. The number of oxazole rings is 1. The van der Waals surface area contributed by atoms with Crippen molar-refractivity contribution < 1.29 is 13.9 Å². The van der Waals surface area contributed by atoms with Gasteiger partial charge in [-0.15, -0.1) is 0 Å². The summed E-state index contributed by atoms with van der Waals surface area (Å²) in [4.78, 5) is 4.40. The molecule has 1 aromatic heterocycles. The second kappa shape index (κ2) is 6.79. The Balaban J connectivity index is 2.20. The van der Waals surface area contributed by atoms with E-state index in [0.717, 1.165) is 28.1 Å². The summed E-state index contributed by atoms with van der Waals surface area (Å²) >= 11 is 0. The molecule has 0 saturated carbocycles. The second-order valence-electron chi connectivity index (χ2n) is 5.85. The molecule has 2 aromatic carbocycles. The molecule has 0 aliphatic rings. The van der Waals surface area contributed by atoms with Gasteiger partial charge in [-0.3, -0.25) is 0 Å². The van der Waals surface area contributed by atoms with Crippen LogP contribution in [0.4, 0.5) is 0 Å². The lowest BCUT2D eigenvalue weighted by Gasteiger charge is -2.16. The maximum Gasteiger partial charge on any atom is 0.182 e. The molecule has 0 spiro atoms. The van der Waals surface area contributed by atoms with E-state index in [0.29, 0.717) is 17.4 Å². The molecule has 4 nitrogen and oxygen atoms in total. The predicted molar refractivity (Wildman–Crippen MR) is 94.6 cm³/mol. The molecule has 0 amide bonds. The van der Waals surface area contributed by atoms with Crippen molar-refractivity contribution in [2.45, 2.75) is 19.8 Å². The van der Waals surface area contributed by atoms with Crippen molar-refractivity contribution in [1.82, 2.24) is 4.98 Å². The van der Waals surface area contributed by atoms with Crippen LogP contribution in [0.15, 0.2) is 53.3 Å². The lowest BCUT2D eigenvalue weighted by molar-refractivity contribution is 0.390. The topological polar surface area (TPSA) is 44.5 Å². The van der Waals surface area contributed by atoms with Gasteiger partial charge in [0, 0.05) is 11.6 Å². The van der Waals surface area contributed by atoms with Crippen LogP contribution >= 0.6 is 0 Å². The molecule has 0 aliphatic carbocycles. The van der Waals surface area contributed by atoms with E-state index in [1.165, 1.54) is 6.39 Å². The SMILES string of the molecule is COc1cc(OC)c(C(C)C)cc1-c1ocnc1-c1ccccc1. The fraction of sp³-hybridized carbons (Fsp3) is 0.250. The summed E-state index contributed by atoms with van der Waals surface area (Å²) in [6.07, 6.45) is 1.47. The summed E-state index contributed by atoms with van der Waals surface area (Å²) < 4.78 is 16.8. The maximum atomic E-state index is 5.72. The minimum atomic E-state index is 0.313. The van der Waals surface area contributed by atoms with E-state index in [1.807, 2.05) is 36.4 Å². The first kappa shape index (κ1) is 16.1. The van der Waals surface area contributed by atoms with Gasteiger partial charge < -0.3 is 13.9 Å². The predicted octanol–water partition coefficient (Wildman–Crippen LogP) is 5.15. The summed E-state index contributed by atoms with van der Waals surface area (Å²) in [5.41, 5.74) is 3.78. The first-order valence-electron chi connectivity index (χ1n) is 7.91. The zero-order chi connectivity index (χ0) is 17.1. The van der Waals surface area contributed by atoms with Gasteiger partial charge in [-0.2, -0.15) is 0 Å². The highest BCUT2D eigenvalue weighted by Gasteiger charge is 2.20. The molecule has 124 valence electrons. The van der Waals surface area contributed by atoms with Gasteiger partial charge in [-0.05, 0) is 17.5 Å².